The summed E-state index contributed by atoms with van der Waals surface area (Å²) in [5.74, 6) is -2.81. The SMILES string of the molecule is O=C(O)c1ccc(NCN2CCN(c3cc4c(cc3F)c(=O)c(C(=O)O)cn4C3CC3)CC2)cc1. The van der Waals surface area contributed by atoms with Crippen LogP contribution in [0.5, 0.6) is 0 Å². The van der Waals surface area contributed by atoms with E-state index in [1.54, 1.807) is 34.9 Å². The van der Waals surface area contributed by atoms with Gasteiger partial charge in [-0.3, -0.25) is 9.69 Å². The van der Waals surface area contributed by atoms with E-state index in [0.29, 0.717) is 44.1 Å². The topological polar surface area (TPSA) is 115 Å². The standard InChI is InChI=1S/C25H25FN4O5/c26-20-11-18-21(30(17-5-6-17)13-19(23(18)31)25(34)35)12-22(20)29-9-7-28(8-10-29)14-27-16-3-1-15(2-4-16)24(32)33/h1-4,11-13,17,27H,5-10,14H2,(H,32,33)(H,34,35). The smallest absolute Gasteiger partial charge is 0.341 e. The van der Waals surface area contributed by atoms with E-state index in [0.717, 1.165) is 18.5 Å². The van der Waals surface area contributed by atoms with Gasteiger partial charge in [-0.05, 0) is 49.2 Å². The van der Waals surface area contributed by atoms with Crippen molar-refractivity contribution in [2.75, 3.05) is 43.1 Å². The molecule has 2 fully saturated rings. The van der Waals surface area contributed by atoms with Gasteiger partial charge in [-0.2, -0.15) is 0 Å². The van der Waals surface area contributed by atoms with Crippen LogP contribution in [0.4, 0.5) is 15.8 Å². The molecule has 0 unspecified atom stereocenters. The molecule has 2 aromatic carbocycles. The molecule has 3 N–H and O–H groups in total. The molecule has 10 heteroatoms. The Kier molecular flexibility index (Phi) is 5.89. The fourth-order valence-electron chi connectivity index (χ4n) is 4.49. The molecule has 0 radical (unpaired) electrons. The summed E-state index contributed by atoms with van der Waals surface area (Å²) in [5, 5.41) is 21.8. The number of nitrogens with one attached hydrogen (secondary N) is 1. The van der Waals surface area contributed by atoms with E-state index in [-0.39, 0.29) is 22.6 Å². The number of carbonyl (C=O) groups is 2. The van der Waals surface area contributed by atoms with E-state index < -0.39 is 23.2 Å². The molecule has 1 saturated carbocycles. The molecular formula is C25H25FN4O5. The quantitative estimate of drug-likeness (QED) is 0.473. The van der Waals surface area contributed by atoms with Gasteiger partial charge in [-0.15, -0.1) is 0 Å². The van der Waals surface area contributed by atoms with Gasteiger partial charge in [0.25, 0.3) is 0 Å². The first kappa shape index (κ1) is 22.9. The number of halogens is 1. The van der Waals surface area contributed by atoms with Crippen LogP contribution < -0.4 is 15.6 Å². The molecule has 0 atom stereocenters. The molecule has 9 nitrogen and oxygen atoms in total. The monoisotopic (exact) mass is 480 g/mol. The van der Waals surface area contributed by atoms with E-state index in [4.69, 9.17) is 5.11 Å². The molecule has 3 aromatic rings. The highest BCUT2D eigenvalue weighted by atomic mass is 19.1. The number of piperazine rings is 1. The van der Waals surface area contributed by atoms with Crippen molar-refractivity contribution >= 4 is 34.2 Å². The fraction of sp³-hybridized carbons (Fsp3) is 0.320. The van der Waals surface area contributed by atoms with E-state index in [1.165, 1.54) is 12.3 Å². The number of rotatable bonds is 7. The summed E-state index contributed by atoms with van der Waals surface area (Å²) >= 11 is 0. The van der Waals surface area contributed by atoms with Crippen LogP contribution in [0.15, 0.2) is 47.4 Å². The van der Waals surface area contributed by atoms with Crippen LogP contribution in [-0.2, 0) is 0 Å². The first-order valence-electron chi connectivity index (χ1n) is 11.5. The van der Waals surface area contributed by atoms with Crippen molar-refractivity contribution in [2.24, 2.45) is 0 Å². The Morgan fingerprint density at radius 2 is 1.69 bits per heavy atom. The Labute approximate surface area is 200 Å². The minimum absolute atomic E-state index is 0.0924. The third-order valence-corrected chi connectivity index (χ3v) is 6.62. The van der Waals surface area contributed by atoms with Crippen molar-refractivity contribution in [3.63, 3.8) is 0 Å². The molecule has 1 aliphatic carbocycles. The Hall–Kier alpha value is -3.92. The van der Waals surface area contributed by atoms with E-state index >= 15 is 4.39 Å². The van der Waals surface area contributed by atoms with Gasteiger partial charge >= 0.3 is 11.9 Å². The summed E-state index contributed by atoms with van der Waals surface area (Å²) in [4.78, 5) is 39.3. The zero-order chi connectivity index (χ0) is 24.7. The third kappa shape index (κ3) is 4.57. The van der Waals surface area contributed by atoms with Crippen LogP contribution >= 0.6 is 0 Å². The highest BCUT2D eigenvalue weighted by Crippen LogP contribution is 2.38. The van der Waals surface area contributed by atoms with Crippen LogP contribution in [0.2, 0.25) is 0 Å². The molecular weight excluding hydrogens is 455 g/mol. The van der Waals surface area contributed by atoms with Gasteiger partial charge in [0.05, 0.1) is 23.4 Å². The Bertz CT molecular complexity index is 1360. The maximum atomic E-state index is 15.1. The first-order chi connectivity index (χ1) is 16.8. The summed E-state index contributed by atoms with van der Waals surface area (Å²) in [5.41, 5.74) is 1.01. The maximum Gasteiger partial charge on any atom is 0.341 e. The largest absolute Gasteiger partial charge is 0.478 e. The maximum absolute atomic E-state index is 15.1. The van der Waals surface area contributed by atoms with Crippen LogP contribution in [0.1, 0.15) is 39.6 Å². The van der Waals surface area contributed by atoms with E-state index in [9.17, 15) is 19.5 Å². The Morgan fingerprint density at radius 3 is 2.29 bits per heavy atom. The van der Waals surface area contributed by atoms with Gasteiger partial charge in [-0.1, -0.05) is 0 Å². The van der Waals surface area contributed by atoms with Crippen molar-refractivity contribution < 1.29 is 24.2 Å². The predicted octanol–water partition coefficient (Wildman–Crippen LogP) is 3.06. The molecule has 0 spiro atoms. The van der Waals surface area contributed by atoms with Gasteiger partial charge in [-0.25, -0.2) is 14.0 Å². The molecule has 1 aromatic heterocycles. The number of carboxylic acid groups (broad SMARTS) is 2. The average Bonchev–Trinajstić information content (AvgIpc) is 3.69. The van der Waals surface area contributed by atoms with Crippen LogP contribution in [0.25, 0.3) is 10.9 Å². The number of aromatic carboxylic acids is 2. The number of hydrogen-bond acceptors (Lipinski definition) is 6. The molecule has 1 saturated heterocycles. The van der Waals surface area contributed by atoms with Crippen molar-refractivity contribution in [3.05, 3.63) is 69.8 Å². The van der Waals surface area contributed by atoms with Crippen LogP contribution in [0.3, 0.4) is 0 Å². The van der Waals surface area contributed by atoms with Gasteiger partial charge < -0.3 is 25.0 Å². The molecule has 35 heavy (non-hydrogen) atoms. The normalized spacial score (nSPS) is 16.4. The highest BCUT2D eigenvalue weighted by Gasteiger charge is 2.28. The fourth-order valence-corrected chi connectivity index (χ4v) is 4.49. The molecule has 5 rings (SSSR count). The number of carboxylic acids is 2. The number of fused-ring (bicyclic) bond motifs is 1. The van der Waals surface area contributed by atoms with Crippen molar-refractivity contribution in [2.45, 2.75) is 18.9 Å². The number of aromatic nitrogens is 1. The lowest BCUT2D eigenvalue weighted by Gasteiger charge is -2.36. The van der Waals surface area contributed by atoms with E-state index in [1.807, 2.05) is 4.90 Å². The molecule has 1 aliphatic heterocycles. The van der Waals surface area contributed by atoms with Crippen molar-refractivity contribution in [1.29, 1.82) is 0 Å². The van der Waals surface area contributed by atoms with Crippen molar-refractivity contribution in [1.82, 2.24) is 9.47 Å². The second kappa shape index (κ2) is 9.03. The summed E-state index contributed by atoms with van der Waals surface area (Å²) in [6, 6.07) is 9.51. The molecule has 2 heterocycles. The van der Waals surface area contributed by atoms with Crippen molar-refractivity contribution in [3.8, 4) is 0 Å². The van der Waals surface area contributed by atoms with Gasteiger partial charge in [0.1, 0.15) is 11.4 Å². The third-order valence-electron chi connectivity index (χ3n) is 6.62. The first-order valence-corrected chi connectivity index (χ1v) is 11.5. The minimum Gasteiger partial charge on any atom is -0.478 e. The lowest BCUT2D eigenvalue weighted by molar-refractivity contribution is 0.0685. The van der Waals surface area contributed by atoms with Gasteiger partial charge in [0, 0.05) is 49.5 Å². The van der Waals surface area contributed by atoms with Crippen LogP contribution in [-0.4, -0.2) is 64.5 Å². The second-order valence-corrected chi connectivity index (χ2v) is 8.96. The van der Waals surface area contributed by atoms with Gasteiger partial charge in [0.15, 0.2) is 0 Å². The average molecular weight is 480 g/mol. The number of nitrogens with zero attached hydrogens (tertiary/aromatic N) is 3. The number of hydrogen-bond donors (Lipinski definition) is 3. The van der Waals surface area contributed by atoms with E-state index in [2.05, 4.69) is 10.2 Å². The predicted molar refractivity (Wildman–Crippen MR) is 129 cm³/mol. The number of benzene rings is 2. The zero-order valence-corrected chi connectivity index (χ0v) is 18.9. The molecule has 182 valence electrons. The van der Waals surface area contributed by atoms with Crippen LogP contribution in [0, 0.1) is 5.82 Å². The zero-order valence-electron chi connectivity index (χ0n) is 18.9. The Balaban J connectivity index is 1.31. The Morgan fingerprint density at radius 1 is 1.00 bits per heavy atom. The lowest BCUT2D eigenvalue weighted by atomic mass is 10.1. The van der Waals surface area contributed by atoms with Gasteiger partial charge in [0.2, 0.25) is 5.43 Å². The highest BCUT2D eigenvalue weighted by molar-refractivity contribution is 5.93. The lowest BCUT2D eigenvalue weighted by Crippen LogP contribution is -2.48. The summed E-state index contributed by atoms with van der Waals surface area (Å²) in [7, 11) is 0. The summed E-state index contributed by atoms with van der Waals surface area (Å²) in [6.45, 7) is 3.11. The molecule has 2 aliphatic rings. The minimum atomic E-state index is -1.31. The number of anilines is 2. The molecule has 0 amide bonds. The second-order valence-electron chi connectivity index (χ2n) is 8.96. The number of pyridine rings is 1. The summed E-state index contributed by atoms with van der Waals surface area (Å²) in [6.07, 6.45) is 3.18. The summed E-state index contributed by atoms with van der Waals surface area (Å²) < 4.78 is 16.9. The molecule has 0 bridgehead atoms.